The van der Waals surface area contributed by atoms with E-state index in [2.05, 4.69) is 5.32 Å². The quantitative estimate of drug-likeness (QED) is 0.790. The minimum atomic E-state index is -0.284. The van der Waals surface area contributed by atoms with Crippen LogP contribution in [-0.2, 0) is 4.79 Å². The first kappa shape index (κ1) is 16.8. The van der Waals surface area contributed by atoms with E-state index in [0.717, 1.165) is 38.4 Å². The maximum absolute atomic E-state index is 12.0. The van der Waals surface area contributed by atoms with Gasteiger partial charge in [0.2, 0.25) is 5.91 Å². The normalized spacial score (nSPS) is 28.8. The third-order valence-corrected chi connectivity index (χ3v) is 5.27. The van der Waals surface area contributed by atoms with Crippen molar-refractivity contribution in [3.05, 3.63) is 0 Å². The molecule has 2 aliphatic rings. The molecule has 1 amide bonds. The predicted molar refractivity (Wildman–Crippen MR) is 85.0 cm³/mol. The molecule has 4 heteroatoms. The van der Waals surface area contributed by atoms with Gasteiger partial charge in [0.1, 0.15) is 0 Å². The first-order valence-corrected chi connectivity index (χ1v) is 8.83. The third kappa shape index (κ3) is 4.68. The van der Waals surface area contributed by atoms with Gasteiger partial charge in [0, 0.05) is 31.5 Å². The van der Waals surface area contributed by atoms with Gasteiger partial charge in [-0.1, -0.05) is 26.7 Å². The number of rotatable bonds is 6. The maximum atomic E-state index is 12.0. The molecule has 21 heavy (non-hydrogen) atoms. The lowest BCUT2D eigenvalue weighted by Gasteiger charge is -2.40. The fraction of sp³-hybridized carbons (Fsp3) is 0.941. The number of amides is 1. The highest BCUT2D eigenvalue weighted by Crippen LogP contribution is 2.26. The van der Waals surface area contributed by atoms with Crippen LogP contribution in [0.2, 0.25) is 0 Å². The molecule has 2 rings (SSSR count). The molecule has 1 aliphatic heterocycles. The second-order valence-electron chi connectivity index (χ2n) is 6.88. The summed E-state index contributed by atoms with van der Waals surface area (Å²) in [6.07, 6.45) is 7.47. The summed E-state index contributed by atoms with van der Waals surface area (Å²) in [6, 6.07) is 0.348. The zero-order chi connectivity index (χ0) is 15.2. The smallest absolute Gasteiger partial charge is 0.222 e. The van der Waals surface area contributed by atoms with Gasteiger partial charge in [0.25, 0.3) is 0 Å². The van der Waals surface area contributed by atoms with Gasteiger partial charge in [0.15, 0.2) is 0 Å². The Morgan fingerprint density at radius 3 is 2.62 bits per heavy atom. The number of nitrogens with one attached hydrogen (secondary N) is 1. The van der Waals surface area contributed by atoms with Gasteiger partial charge in [-0.25, -0.2) is 0 Å². The van der Waals surface area contributed by atoms with E-state index < -0.39 is 0 Å². The Morgan fingerprint density at radius 2 is 2.00 bits per heavy atom. The van der Waals surface area contributed by atoms with Crippen LogP contribution in [0.1, 0.15) is 58.8 Å². The van der Waals surface area contributed by atoms with Crippen LogP contribution in [0, 0.1) is 11.8 Å². The van der Waals surface area contributed by atoms with Crippen LogP contribution in [0.3, 0.4) is 0 Å². The molecule has 2 N–H and O–H groups in total. The molecule has 1 aliphatic carbocycles. The fourth-order valence-corrected chi connectivity index (χ4v) is 3.87. The van der Waals surface area contributed by atoms with E-state index in [-0.39, 0.29) is 17.9 Å². The molecule has 1 heterocycles. The standard InChI is InChI=1S/C17H32N2O2/c1-3-16(20)14-9-15(12-19(11-14)17(21)4-2)18-10-13-7-5-6-8-13/h13-16,18,20H,3-12H2,1-2H3. The van der Waals surface area contributed by atoms with E-state index in [1.54, 1.807) is 0 Å². The Morgan fingerprint density at radius 1 is 1.29 bits per heavy atom. The summed E-state index contributed by atoms with van der Waals surface area (Å²) in [5, 5.41) is 13.9. The van der Waals surface area contributed by atoms with E-state index >= 15 is 0 Å². The lowest BCUT2D eigenvalue weighted by atomic mass is 9.88. The second-order valence-corrected chi connectivity index (χ2v) is 6.88. The van der Waals surface area contributed by atoms with Gasteiger partial charge in [-0.15, -0.1) is 0 Å². The van der Waals surface area contributed by atoms with Gasteiger partial charge in [-0.2, -0.15) is 0 Å². The Kier molecular flexibility index (Phi) is 6.49. The molecule has 0 radical (unpaired) electrons. The van der Waals surface area contributed by atoms with E-state index in [1.165, 1.54) is 25.7 Å². The first-order valence-electron chi connectivity index (χ1n) is 8.83. The molecule has 3 unspecified atom stereocenters. The van der Waals surface area contributed by atoms with Gasteiger partial charge >= 0.3 is 0 Å². The second kappa shape index (κ2) is 8.14. The van der Waals surface area contributed by atoms with Crippen molar-refractivity contribution in [2.24, 2.45) is 11.8 Å². The van der Waals surface area contributed by atoms with Crippen molar-refractivity contribution < 1.29 is 9.90 Å². The molecule has 1 saturated heterocycles. The topological polar surface area (TPSA) is 52.6 Å². The van der Waals surface area contributed by atoms with Crippen molar-refractivity contribution in [3.8, 4) is 0 Å². The van der Waals surface area contributed by atoms with Crippen molar-refractivity contribution in [2.75, 3.05) is 19.6 Å². The highest BCUT2D eigenvalue weighted by Gasteiger charge is 2.32. The molecular formula is C17H32N2O2. The summed E-state index contributed by atoms with van der Waals surface area (Å²) in [6.45, 7) is 6.55. The Hall–Kier alpha value is -0.610. The number of aliphatic hydroxyl groups excluding tert-OH is 1. The molecule has 0 spiro atoms. The number of nitrogens with zero attached hydrogens (tertiary/aromatic N) is 1. The van der Waals surface area contributed by atoms with Gasteiger partial charge in [-0.3, -0.25) is 4.79 Å². The van der Waals surface area contributed by atoms with E-state index in [4.69, 9.17) is 0 Å². The predicted octanol–water partition coefficient (Wildman–Crippen LogP) is 2.16. The van der Waals surface area contributed by atoms with E-state index in [1.807, 2.05) is 18.7 Å². The molecule has 0 bridgehead atoms. The maximum Gasteiger partial charge on any atom is 0.222 e. The van der Waals surface area contributed by atoms with Crippen molar-refractivity contribution in [1.29, 1.82) is 0 Å². The molecule has 0 aromatic carbocycles. The number of carbonyl (C=O) groups excluding carboxylic acids is 1. The van der Waals surface area contributed by atoms with Gasteiger partial charge in [0.05, 0.1) is 6.10 Å². The number of hydrogen-bond acceptors (Lipinski definition) is 3. The molecule has 3 atom stereocenters. The summed E-state index contributed by atoms with van der Waals surface area (Å²) < 4.78 is 0. The lowest BCUT2D eigenvalue weighted by molar-refractivity contribution is -0.134. The van der Waals surface area contributed by atoms with Crippen molar-refractivity contribution in [1.82, 2.24) is 10.2 Å². The number of hydrogen-bond donors (Lipinski definition) is 2. The molecule has 4 nitrogen and oxygen atoms in total. The summed E-state index contributed by atoms with van der Waals surface area (Å²) in [4.78, 5) is 14.0. The van der Waals surface area contributed by atoms with Crippen LogP contribution in [0.15, 0.2) is 0 Å². The molecule has 1 saturated carbocycles. The Bertz CT molecular complexity index is 329. The number of piperidine rings is 1. The van der Waals surface area contributed by atoms with Crippen molar-refractivity contribution in [2.45, 2.75) is 70.9 Å². The Labute approximate surface area is 129 Å². The third-order valence-electron chi connectivity index (χ3n) is 5.27. The average Bonchev–Trinajstić information content (AvgIpc) is 3.04. The van der Waals surface area contributed by atoms with E-state index in [0.29, 0.717) is 12.5 Å². The van der Waals surface area contributed by atoms with Gasteiger partial charge in [-0.05, 0) is 38.1 Å². The molecule has 0 aromatic heterocycles. The highest BCUT2D eigenvalue weighted by atomic mass is 16.3. The number of carbonyl (C=O) groups is 1. The first-order chi connectivity index (χ1) is 10.1. The fourth-order valence-electron chi connectivity index (χ4n) is 3.87. The zero-order valence-corrected chi connectivity index (χ0v) is 13.7. The molecular weight excluding hydrogens is 264 g/mol. The molecule has 122 valence electrons. The molecule has 2 fully saturated rings. The minimum Gasteiger partial charge on any atom is -0.393 e. The number of likely N-dealkylation sites (tertiary alicyclic amines) is 1. The number of aliphatic hydroxyl groups is 1. The minimum absolute atomic E-state index is 0.218. The molecule has 0 aromatic rings. The van der Waals surface area contributed by atoms with Crippen LogP contribution in [0.25, 0.3) is 0 Å². The Balaban J connectivity index is 1.89. The zero-order valence-electron chi connectivity index (χ0n) is 13.7. The van der Waals surface area contributed by atoms with Crippen LogP contribution in [0.5, 0.6) is 0 Å². The van der Waals surface area contributed by atoms with Crippen molar-refractivity contribution >= 4 is 5.91 Å². The summed E-state index contributed by atoms with van der Waals surface area (Å²) in [5.41, 5.74) is 0. The van der Waals surface area contributed by atoms with Crippen LogP contribution >= 0.6 is 0 Å². The van der Waals surface area contributed by atoms with Crippen LogP contribution in [0.4, 0.5) is 0 Å². The average molecular weight is 296 g/mol. The largest absolute Gasteiger partial charge is 0.393 e. The monoisotopic (exact) mass is 296 g/mol. The van der Waals surface area contributed by atoms with Gasteiger partial charge < -0.3 is 15.3 Å². The van der Waals surface area contributed by atoms with Crippen LogP contribution in [-0.4, -0.2) is 47.7 Å². The van der Waals surface area contributed by atoms with Crippen molar-refractivity contribution in [3.63, 3.8) is 0 Å². The lowest BCUT2D eigenvalue weighted by Crippen LogP contribution is -2.53. The SMILES string of the molecule is CCC(=O)N1CC(NCC2CCCC2)CC(C(O)CC)C1. The summed E-state index contributed by atoms with van der Waals surface area (Å²) in [7, 11) is 0. The van der Waals surface area contributed by atoms with Crippen LogP contribution < -0.4 is 5.32 Å². The highest BCUT2D eigenvalue weighted by molar-refractivity contribution is 5.76. The summed E-state index contributed by atoms with van der Waals surface area (Å²) >= 11 is 0. The van der Waals surface area contributed by atoms with E-state index in [9.17, 15) is 9.90 Å². The summed E-state index contributed by atoms with van der Waals surface area (Å²) in [5.74, 6) is 1.26.